The molecule has 2 saturated heterocycles. The number of rotatable bonds is 20. The number of ketones is 3. The van der Waals surface area contributed by atoms with Crippen molar-refractivity contribution < 1.29 is 100 Å². The number of aliphatic hydroxyl groups is 2. The largest absolute Gasteiger partial charge is 1.00 e. The van der Waals surface area contributed by atoms with Crippen LogP contribution in [0.25, 0.3) is 0 Å². The summed E-state index contributed by atoms with van der Waals surface area (Å²) in [6.45, 7) is 29.5. The molecule has 84 heavy (non-hydrogen) atoms. The Bertz CT molecular complexity index is 2420. The highest BCUT2D eigenvalue weighted by Crippen LogP contribution is 2.25. The first-order valence-electron chi connectivity index (χ1n) is 28.1. The average Bonchev–Trinajstić information content (AvgIpc) is 4.20. The molecule has 2 fully saturated rings. The Kier molecular flexibility index (Phi) is 40.6. The molecular formula is C62H93BrClN3O17. The van der Waals surface area contributed by atoms with Crippen LogP contribution in [0.15, 0.2) is 91.0 Å². The topological polar surface area (TPSA) is 295 Å². The van der Waals surface area contributed by atoms with E-state index >= 15 is 0 Å². The molecule has 0 aliphatic carbocycles. The molecule has 10 atom stereocenters. The molecule has 3 aromatic rings. The Balaban J connectivity index is 0. The minimum atomic E-state index is -0.963. The number of likely N-dealkylation sites (tertiary alicyclic amines) is 1. The molecule has 0 bridgehead atoms. The number of alkyl halides is 1. The number of quaternary nitrogens is 1. The molecule has 0 aromatic heterocycles. The number of amides is 1. The summed E-state index contributed by atoms with van der Waals surface area (Å²) in [4.78, 5) is 107. The first kappa shape index (κ1) is 80.0. The van der Waals surface area contributed by atoms with Gasteiger partial charge in [-0.15, -0.1) is 0 Å². The van der Waals surface area contributed by atoms with Crippen molar-refractivity contribution in [3.05, 3.63) is 108 Å². The van der Waals surface area contributed by atoms with E-state index in [1.54, 1.807) is 96.1 Å². The molecule has 0 saturated carbocycles. The third-order valence-corrected chi connectivity index (χ3v) is 13.7. The predicted molar refractivity (Wildman–Crippen MR) is 318 cm³/mol. The number of carbonyl (C=O) groups is 9. The van der Waals surface area contributed by atoms with E-state index in [2.05, 4.69) is 48.5 Å². The average molecular weight is 1270 g/mol. The fourth-order valence-electron chi connectivity index (χ4n) is 7.31. The number of nitrogens with two attached hydrogens (primary N) is 1. The lowest BCUT2D eigenvalue weighted by atomic mass is 10.1. The minimum absolute atomic E-state index is 0. The minimum Gasteiger partial charge on any atom is -1.00 e. The zero-order valence-electron chi connectivity index (χ0n) is 51.3. The molecule has 2 aliphatic heterocycles. The van der Waals surface area contributed by atoms with Crippen LogP contribution in [-0.4, -0.2) is 171 Å². The summed E-state index contributed by atoms with van der Waals surface area (Å²) in [6, 6.07) is 25.5. The molecule has 3 aromatic carbocycles. The Morgan fingerprint density at radius 1 is 0.631 bits per heavy atom. The van der Waals surface area contributed by atoms with Crippen molar-refractivity contribution in [2.75, 3.05) is 51.3 Å². The lowest BCUT2D eigenvalue weighted by molar-refractivity contribution is -0.661. The molecule has 2 aliphatic rings. The highest BCUT2D eigenvalue weighted by atomic mass is 79.9. The number of carboxylic acid groups (broad SMARTS) is 2. The van der Waals surface area contributed by atoms with E-state index in [1.807, 2.05) is 48.6 Å². The van der Waals surface area contributed by atoms with Crippen molar-refractivity contribution in [1.29, 1.82) is 0 Å². The number of carbonyl (C=O) groups excluding carboxylic acids is 7. The maximum Gasteiger partial charge on any atom is 0.411 e. The van der Waals surface area contributed by atoms with E-state index in [-0.39, 0.29) is 60.9 Å². The van der Waals surface area contributed by atoms with Crippen molar-refractivity contribution in [2.24, 2.45) is 29.6 Å². The standard InChI is InChI=1S/C19H25NO5.C13H16O4.C11H19NO4.C8H7BrO.C6H15N.C5H10O3.ClH/c1-12-9-16(20-10-12)19(23)25-14(3)13(2)18(22)24-11-17(21)15-7-5-4-6-8-15;1-9(10(2)14)13(16)17-8-12(15)11-6-4-3-5-7-11;1-7-5-8(9(13)14)12(6-7)10(15)16-11(2,3)4;9-6-8(10)7-4-2-1-3-5-7;1-4-7(5-2)6-3;1-3(4(2)6)5(7)8;/h4-8,12-14,16,20H,9-11H2,1-3H3;3-7,9-10,14H,8H2,1-2H3;7-8H,5-6H2,1-4H3,(H,13,14);1-5H,6H2;4-6H2,1-3H3;3-4,6H,1-2H3,(H,7,8);1H/t12-,13+,14+,16-;9-,10-;7-,8-;;;3-,4-;/m100..0./s1. The number of hydrogen-bond donors (Lipinski definition) is 5. The molecule has 472 valence electrons. The van der Waals surface area contributed by atoms with E-state index in [0.29, 0.717) is 35.3 Å². The Morgan fingerprint density at radius 2 is 1.04 bits per heavy atom. The Morgan fingerprint density at radius 3 is 1.35 bits per heavy atom. The number of hydrogen-bond acceptors (Lipinski definition) is 16. The third-order valence-electron chi connectivity index (χ3n) is 13.2. The second kappa shape index (κ2) is 42.7. The fourth-order valence-corrected chi connectivity index (χ4v) is 7.63. The highest BCUT2D eigenvalue weighted by Gasteiger charge is 2.40. The Labute approximate surface area is 511 Å². The smallest absolute Gasteiger partial charge is 0.411 e. The van der Waals surface area contributed by atoms with Crippen molar-refractivity contribution in [3.63, 3.8) is 0 Å². The van der Waals surface area contributed by atoms with Gasteiger partial charge in [-0.3, -0.25) is 33.7 Å². The molecule has 0 unspecified atom stereocenters. The van der Waals surface area contributed by atoms with Gasteiger partial charge in [0, 0.05) is 35.6 Å². The van der Waals surface area contributed by atoms with Crippen LogP contribution in [0.5, 0.6) is 0 Å². The molecule has 20 nitrogen and oxygen atoms in total. The van der Waals surface area contributed by atoms with Crippen LogP contribution in [0.1, 0.15) is 141 Å². The van der Waals surface area contributed by atoms with Crippen molar-refractivity contribution in [3.8, 4) is 0 Å². The van der Waals surface area contributed by atoms with Crippen LogP contribution < -0.4 is 17.7 Å². The number of benzene rings is 3. The number of aliphatic carboxylic acids is 2. The SMILES string of the molecule is CCN(CC)CC.C[C@H](O)[C@H](C)C(=O)O.C[C@H](O)[C@H](C)C(=O)OCC(=O)c1ccccc1.C[C@H]1C[C@@H](C(=O)O)N(C(=O)OC(C)(C)C)C1.C[C@H]1C[NH2+][C@@H](C(=O)O[C@@H](C)[C@H](C)C(=O)OCC(=O)c2ccccc2)C1.O=C(CBr)c1ccccc1.[Cl-]. The lowest BCUT2D eigenvalue weighted by Crippen LogP contribution is -3.00. The van der Waals surface area contributed by atoms with Gasteiger partial charge < -0.3 is 62.0 Å². The number of nitrogens with zero attached hydrogens (tertiary/aromatic N) is 2. The summed E-state index contributed by atoms with van der Waals surface area (Å²) in [5, 5.41) is 37.4. The normalized spacial score (nSPS) is 17.9. The zero-order chi connectivity index (χ0) is 63.6. The fraction of sp³-hybridized carbons (Fsp3) is 0.565. The second-order valence-corrected chi connectivity index (χ2v) is 22.0. The summed E-state index contributed by atoms with van der Waals surface area (Å²) in [5.74, 6) is -4.95. The monoisotopic (exact) mass is 1270 g/mol. The van der Waals surface area contributed by atoms with Gasteiger partial charge in [-0.1, -0.05) is 142 Å². The van der Waals surface area contributed by atoms with Crippen LogP contribution in [0.2, 0.25) is 0 Å². The van der Waals surface area contributed by atoms with E-state index in [9.17, 15) is 48.3 Å². The van der Waals surface area contributed by atoms with Crippen molar-refractivity contribution in [2.45, 2.75) is 146 Å². The number of ether oxygens (including phenoxy) is 4. The number of aliphatic hydroxyl groups excluding tert-OH is 2. The zero-order valence-corrected chi connectivity index (χ0v) is 53.7. The second-order valence-electron chi connectivity index (χ2n) is 21.4. The number of Topliss-reactive ketones (excluding diaryl/α,β-unsaturated/α-hetero) is 3. The highest BCUT2D eigenvalue weighted by molar-refractivity contribution is 9.09. The molecular weight excluding hydrogens is 1170 g/mol. The van der Waals surface area contributed by atoms with Gasteiger partial charge >= 0.3 is 35.9 Å². The van der Waals surface area contributed by atoms with E-state index in [1.165, 1.54) is 45.3 Å². The van der Waals surface area contributed by atoms with E-state index in [4.69, 9.17) is 34.3 Å². The molecule has 6 N–H and O–H groups in total. The Hall–Kier alpha value is -6.10. The number of carboxylic acids is 2. The van der Waals surface area contributed by atoms with Gasteiger partial charge in [-0.05, 0) is 94.3 Å². The molecule has 0 spiro atoms. The van der Waals surface area contributed by atoms with Gasteiger partial charge in [-0.2, -0.15) is 0 Å². The third kappa shape index (κ3) is 32.8. The van der Waals surface area contributed by atoms with Gasteiger partial charge in [0.25, 0.3) is 0 Å². The first-order chi connectivity index (χ1) is 38.8. The molecule has 22 heteroatoms. The summed E-state index contributed by atoms with van der Waals surface area (Å²) in [7, 11) is 0. The van der Waals surface area contributed by atoms with E-state index < -0.39 is 77.7 Å². The first-order valence-corrected chi connectivity index (χ1v) is 29.2. The summed E-state index contributed by atoms with van der Waals surface area (Å²) >= 11 is 3.10. The van der Waals surface area contributed by atoms with Gasteiger partial charge in [0.15, 0.2) is 36.6 Å². The van der Waals surface area contributed by atoms with Crippen molar-refractivity contribution in [1.82, 2.24) is 9.80 Å². The van der Waals surface area contributed by atoms with Crippen molar-refractivity contribution >= 4 is 69.2 Å². The maximum atomic E-state index is 12.1. The lowest BCUT2D eigenvalue weighted by Gasteiger charge is -2.26. The maximum absolute atomic E-state index is 12.1. The molecule has 1 amide bonds. The van der Waals surface area contributed by atoms with Gasteiger partial charge in [-0.25, -0.2) is 14.4 Å². The van der Waals surface area contributed by atoms with E-state index in [0.717, 1.165) is 18.5 Å². The predicted octanol–water partition coefficient (Wildman–Crippen LogP) is 4.80. The van der Waals surface area contributed by atoms with Crippen LogP contribution in [-0.2, 0) is 42.9 Å². The summed E-state index contributed by atoms with van der Waals surface area (Å²) in [5.41, 5.74) is 1.17. The number of halogens is 2. The summed E-state index contributed by atoms with van der Waals surface area (Å²) in [6.07, 6.45) is -1.40. The van der Waals surface area contributed by atoms with Crippen LogP contribution >= 0.6 is 15.9 Å². The molecule has 0 radical (unpaired) electrons. The summed E-state index contributed by atoms with van der Waals surface area (Å²) < 4.78 is 20.5. The molecule has 2 heterocycles. The number of esters is 3. The van der Waals surface area contributed by atoms with Gasteiger partial charge in [0.05, 0.1) is 41.8 Å². The van der Waals surface area contributed by atoms with Crippen LogP contribution in [0.4, 0.5) is 4.79 Å². The molecule has 5 rings (SSSR count). The van der Waals surface area contributed by atoms with Gasteiger partial charge in [0.1, 0.15) is 17.7 Å². The quantitative estimate of drug-likeness (QED) is 0.0439. The van der Waals surface area contributed by atoms with Crippen LogP contribution in [0.3, 0.4) is 0 Å². The van der Waals surface area contributed by atoms with Crippen LogP contribution in [0, 0.1) is 29.6 Å². The van der Waals surface area contributed by atoms with Gasteiger partial charge in [0.2, 0.25) is 0 Å².